The molecule has 2 saturated heterocycles. The van der Waals surface area contributed by atoms with E-state index in [0.717, 1.165) is 31.5 Å². The summed E-state index contributed by atoms with van der Waals surface area (Å²) >= 11 is 0. The first-order valence-corrected chi connectivity index (χ1v) is 14.5. The zero-order chi connectivity index (χ0) is 37.4. The second kappa shape index (κ2) is 20.2. The number of piperazine rings is 1. The van der Waals surface area contributed by atoms with Crippen LogP contribution in [0.4, 0.5) is 45.5 Å². The summed E-state index contributed by atoms with van der Waals surface area (Å²) < 4.78 is 116. The highest BCUT2D eigenvalue weighted by Gasteiger charge is 2.48. The summed E-state index contributed by atoms with van der Waals surface area (Å²) in [5, 5.41) is 17.7. The highest BCUT2D eigenvalue weighted by atomic mass is 19.4. The van der Waals surface area contributed by atoms with Gasteiger partial charge in [-0.1, -0.05) is 0 Å². The molecule has 1 aliphatic carbocycles. The summed E-state index contributed by atoms with van der Waals surface area (Å²) in [4.78, 5) is 42.1. The van der Waals surface area contributed by atoms with Crippen LogP contribution in [0.2, 0.25) is 0 Å². The normalized spacial score (nSPS) is 24.0. The number of nitrogens with zero attached hydrogens (tertiary/aromatic N) is 4. The summed E-state index contributed by atoms with van der Waals surface area (Å²) in [5.74, 6) is -2.68. The lowest BCUT2D eigenvalue weighted by Crippen LogP contribution is -2.55. The average Bonchev–Trinajstić information content (AvgIpc) is 3.44. The van der Waals surface area contributed by atoms with Gasteiger partial charge in [-0.25, -0.2) is 14.8 Å². The molecule has 1 amide bonds. The number of rotatable bonds is 7. The van der Waals surface area contributed by atoms with Crippen LogP contribution in [0.15, 0.2) is 12.3 Å². The average molecular weight is 732 g/mol. The number of amides is 1. The maximum absolute atomic E-state index is 13.7. The van der Waals surface area contributed by atoms with Crippen molar-refractivity contribution in [3.8, 4) is 0 Å². The van der Waals surface area contributed by atoms with Crippen LogP contribution in [0.5, 0.6) is 0 Å². The van der Waals surface area contributed by atoms with Crippen LogP contribution in [0.25, 0.3) is 0 Å². The number of ether oxygens (including phenoxy) is 3. The lowest BCUT2D eigenvalue weighted by Gasteiger charge is -2.40. The number of carboxylic acids is 1. The first-order chi connectivity index (χ1) is 22.8. The Bertz CT molecular complexity index is 1160. The number of carbonyl (C=O) groups excluding carboxylic acids is 1. The highest BCUT2D eigenvalue weighted by Crippen LogP contribution is 2.41. The van der Waals surface area contributed by atoms with Gasteiger partial charge >= 0.3 is 25.0 Å². The van der Waals surface area contributed by atoms with Crippen molar-refractivity contribution < 1.29 is 78.3 Å². The molecule has 3 N–H and O–H groups in total. The number of anilines is 1. The molecular weight excluding hydrogens is 693 g/mol. The molecule has 4 rings (SSSR count). The quantitative estimate of drug-likeness (QED) is 0.278. The van der Waals surface area contributed by atoms with Gasteiger partial charge in [0.15, 0.2) is 0 Å². The van der Waals surface area contributed by atoms with E-state index in [1.54, 1.807) is 24.0 Å². The monoisotopic (exact) mass is 731 g/mol. The predicted octanol–water partition coefficient (Wildman–Crippen LogP) is 3.24. The van der Waals surface area contributed by atoms with E-state index in [2.05, 4.69) is 15.3 Å². The molecule has 0 aromatic carbocycles. The maximum atomic E-state index is 13.7. The third-order valence-corrected chi connectivity index (χ3v) is 7.56. The summed E-state index contributed by atoms with van der Waals surface area (Å²) in [6.07, 6.45) is -5.39. The van der Waals surface area contributed by atoms with Crippen LogP contribution in [0.1, 0.15) is 31.4 Å². The predicted molar refractivity (Wildman–Crippen MR) is 150 cm³/mol. The fourth-order valence-corrected chi connectivity index (χ4v) is 5.47. The lowest BCUT2D eigenvalue weighted by molar-refractivity contribution is -0.192. The Morgan fingerprint density at radius 3 is 2.18 bits per heavy atom. The van der Waals surface area contributed by atoms with Crippen LogP contribution in [-0.2, 0) is 34.8 Å². The van der Waals surface area contributed by atoms with Gasteiger partial charge in [0.05, 0.1) is 24.7 Å². The largest absolute Gasteiger partial charge is 0.490 e. The van der Waals surface area contributed by atoms with Gasteiger partial charge < -0.3 is 39.5 Å². The van der Waals surface area contributed by atoms with E-state index in [1.807, 2.05) is 0 Å². The lowest BCUT2D eigenvalue weighted by atomic mass is 9.84. The van der Waals surface area contributed by atoms with Gasteiger partial charge in [-0.2, -0.15) is 39.5 Å². The third kappa shape index (κ3) is 14.5. The Labute approximate surface area is 274 Å². The second-order valence-electron chi connectivity index (χ2n) is 10.7. The Hall–Kier alpha value is -3.50. The van der Waals surface area contributed by atoms with Gasteiger partial charge in [0, 0.05) is 65.3 Å². The van der Waals surface area contributed by atoms with Gasteiger partial charge in [-0.05, 0) is 31.7 Å². The molecule has 2 aliphatic heterocycles. The number of carbonyl (C=O) groups is 3. The van der Waals surface area contributed by atoms with Crippen molar-refractivity contribution >= 4 is 24.3 Å². The van der Waals surface area contributed by atoms with Crippen LogP contribution in [0, 0.1) is 5.41 Å². The first kappa shape index (κ1) is 43.5. The molecule has 1 aromatic heterocycles. The van der Waals surface area contributed by atoms with Gasteiger partial charge in [0.25, 0.3) is 6.47 Å². The number of carboxylic acid groups (broad SMARTS) is 2. The van der Waals surface area contributed by atoms with Crippen LogP contribution < -0.4 is 10.2 Å². The Kier molecular flexibility index (Phi) is 18.0. The number of alkyl halides is 9. The van der Waals surface area contributed by atoms with E-state index in [1.165, 1.54) is 0 Å². The molecule has 1 saturated carbocycles. The zero-order valence-corrected chi connectivity index (χ0v) is 26.4. The second-order valence-corrected chi connectivity index (χ2v) is 10.7. The molecule has 13 nitrogen and oxygen atoms in total. The molecular formula is C27H38F9N5O8. The molecule has 4 atom stereocenters. The van der Waals surface area contributed by atoms with Crippen molar-refractivity contribution in [1.29, 1.82) is 0 Å². The third-order valence-electron chi connectivity index (χ3n) is 7.56. The topological polar surface area (TPSA) is 164 Å². The summed E-state index contributed by atoms with van der Waals surface area (Å²) in [5.41, 5.74) is -1.58. The molecule has 1 aromatic rings. The number of hydrogen-bond donors (Lipinski definition) is 3. The molecule has 49 heavy (non-hydrogen) atoms. The fourth-order valence-electron chi connectivity index (χ4n) is 5.47. The summed E-state index contributed by atoms with van der Waals surface area (Å²) in [6.45, 7) is -0.802. The van der Waals surface area contributed by atoms with E-state index in [9.17, 15) is 44.3 Å². The minimum Gasteiger partial charge on any atom is -0.483 e. The number of aliphatic carboxylic acids is 1. The number of methoxy groups -OCH3 is 2. The van der Waals surface area contributed by atoms with Crippen molar-refractivity contribution in [3.63, 3.8) is 0 Å². The van der Waals surface area contributed by atoms with Crippen molar-refractivity contribution in [2.24, 2.45) is 5.41 Å². The zero-order valence-electron chi connectivity index (χ0n) is 26.4. The van der Waals surface area contributed by atoms with Crippen molar-refractivity contribution in [3.05, 3.63) is 18.0 Å². The minimum atomic E-state index is -5.08. The Balaban J connectivity index is 0.000000727. The van der Waals surface area contributed by atoms with E-state index in [0.29, 0.717) is 52.4 Å². The van der Waals surface area contributed by atoms with E-state index in [4.69, 9.17) is 34.0 Å². The van der Waals surface area contributed by atoms with Crippen molar-refractivity contribution in [1.82, 2.24) is 20.2 Å². The van der Waals surface area contributed by atoms with Crippen LogP contribution >= 0.6 is 0 Å². The number of nitrogens with one attached hydrogen (secondary N) is 1. The van der Waals surface area contributed by atoms with Gasteiger partial charge in [-0.15, -0.1) is 0 Å². The number of hydrogen-bond acceptors (Lipinski definition) is 10. The standard InChI is InChI=1S/C23H34F3N5O4.C2HF3O2.CHF3.CH2O2/c1-33-15-22(6-3-16(13-22)28-17-5-12-35-14-18(17)34-2)20(32)30-8-10-31(11-9-30)21-27-7-4-19(29-21)23(24,25)26;3-2(4,5)1(6)7;2-1(3)4;2-1-3/h4,7,16-18,28H,3,5-6,8-15H2,1-2H3;(H,6,7);1H;1H,(H,2,3)/t16-,17?,18?,22+;;;/m1.../s1. The molecule has 22 heteroatoms. The summed E-state index contributed by atoms with van der Waals surface area (Å²) in [7, 11) is 3.30. The van der Waals surface area contributed by atoms with Crippen molar-refractivity contribution in [2.75, 3.05) is 65.1 Å². The van der Waals surface area contributed by atoms with E-state index in [-0.39, 0.29) is 36.5 Å². The van der Waals surface area contributed by atoms with Gasteiger partial charge in [-0.3, -0.25) is 9.59 Å². The SMILES string of the molecule is COC[C@]1(C(=O)N2CCN(c3nccc(C(F)(F)F)n3)CC2)CC[C@@H](NC2CCOCC2OC)C1.FC(F)F.O=C(O)C(F)(F)F.O=CO. The van der Waals surface area contributed by atoms with Crippen LogP contribution in [-0.4, -0.2) is 135 Å². The smallest absolute Gasteiger partial charge is 0.483 e. The molecule has 3 heterocycles. The molecule has 3 fully saturated rings. The van der Waals surface area contributed by atoms with Gasteiger partial charge in [0.1, 0.15) is 5.69 Å². The molecule has 0 radical (unpaired) electrons. The number of aromatic nitrogens is 2. The Morgan fingerprint density at radius 1 is 1.12 bits per heavy atom. The van der Waals surface area contributed by atoms with Crippen LogP contribution in [0.3, 0.4) is 0 Å². The highest BCUT2D eigenvalue weighted by molar-refractivity contribution is 5.83. The minimum absolute atomic E-state index is 0.0111. The number of halogens is 9. The molecule has 3 aliphatic rings. The summed E-state index contributed by atoms with van der Waals surface area (Å²) in [6, 6.07) is 1.22. The molecule has 0 spiro atoms. The van der Waals surface area contributed by atoms with E-state index < -0.39 is 36.1 Å². The maximum Gasteiger partial charge on any atom is 0.490 e. The molecule has 2 unspecified atom stereocenters. The van der Waals surface area contributed by atoms with E-state index >= 15 is 0 Å². The fraction of sp³-hybridized carbons (Fsp3) is 0.741. The molecule has 282 valence electrons. The van der Waals surface area contributed by atoms with Crippen molar-refractivity contribution in [2.45, 2.75) is 62.9 Å². The first-order valence-electron chi connectivity index (χ1n) is 14.5. The van der Waals surface area contributed by atoms with Gasteiger partial charge in [0.2, 0.25) is 11.9 Å². The Morgan fingerprint density at radius 2 is 1.69 bits per heavy atom. The molecule has 0 bridgehead atoms.